The zero-order valence-electron chi connectivity index (χ0n) is 9.60. The predicted octanol–water partition coefficient (Wildman–Crippen LogP) is 2.11. The van der Waals surface area contributed by atoms with Gasteiger partial charge in [-0.15, -0.1) is 0 Å². The second-order valence-electron chi connectivity index (χ2n) is 3.97. The minimum absolute atomic E-state index is 0.153. The molecule has 1 fully saturated rings. The first-order valence-corrected chi connectivity index (χ1v) is 5.52. The molecule has 2 atom stereocenters. The molecule has 0 saturated heterocycles. The Morgan fingerprint density at radius 1 is 1.44 bits per heavy atom. The summed E-state index contributed by atoms with van der Waals surface area (Å²) in [5.41, 5.74) is 0.601. The van der Waals surface area contributed by atoms with E-state index in [1.165, 1.54) is 0 Å². The van der Waals surface area contributed by atoms with E-state index in [2.05, 4.69) is 0 Å². The van der Waals surface area contributed by atoms with E-state index in [1.807, 2.05) is 37.3 Å². The lowest BCUT2D eigenvalue weighted by molar-refractivity contribution is -0.147. The predicted molar refractivity (Wildman–Crippen MR) is 59.9 cm³/mol. The third-order valence-corrected chi connectivity index (χ3v) is 3.11. The van der Waals surface area contributed by atoms with E-state index in [4.69, 9.17) is 9.47 Å². The molecule has 86 valence electrons. The van der Waals surface area contributed by atoms with Crippen molar-refractivity contribution < 1.29 is 14.3 Å². The van der Waals surface area contributed by atoms with Crippen LogP contribution in [0.1, 0.15) is 18.9 Å². The first-order chi connectivity index (χ1) is 7.74. The van der Waals surface area contributed by atoms with Crippen molar-refractivity contribution in [3.8, 4) is 0 Å². The van der Waals surface area contributed by atoms with Gasteiger partial charge in [0.25, 0.3) is 0 Å². The summed E-state index contributed by atoms with van der Waals surface area (Å²) in [7, 11) is 1.65. The Hall–Kier alpha value is -1.35. The van der Waals surface area contributed by atoms with Crippen molar-refractivity contribution >= 4 is 5.97 Å². The van der Waals surface area contributed by atoms with Crippen molar-refractivity contribution in [2.24, 2.45) is 5.92 Å². The van der Waals surface area contributed by atoms with E-state index < -0.39 is 5.60 Å². The maximum atomic E-state index is 11.7. The van der Waals surface area contributed by atoms with E-state index in [1.54, 1.807) is 7.11 Å². The summed E-state index contributed by atoms with van der Waals surface area (Å²) >= 11 is 0. The van der Waals surface area contributed by atoms with Gasteiger partial charge in [-0.2, -0.15) is 0 Å². The van der Waals surface area contributed by atoms with Gasteiger partial charge in [0, 0.05) is 7.11 Å². The zero-order valence-corrected chi connectivity index (χ0v) is 9.60. The first kappa shape index (κ1) is 11.1. The second kappa shape index (κ2) is 4.26. The molecule has 0 spiro atoms. The van der Waals surface area contributed by atoms with Gasteiger partial charge in [0.05, 0.1) is 12.5 Å². The third-order valence-electron chi connectivity index (χ3n) is 3.11. The second-order valence-corrected chi connectivity index (χ2v) is 3.97. The normalized spacial score (nSPS) is 27.5. The molecule has 1 aromatic carbocycles. The van der Waals surface area contributed by atoms with Crippen molar-refractivity contribution in [2.45, 2.75) is 18.9 Å². The number of ether oxygens (including phenoxy) is 2. The van der Waals surface area contributed by atoms with Gasteiger partial charge in [-0.05, 0) is 18.9 Å². The Balaban J connectivity index is 2.17. The van der Waals surface area contributed by atoms with Gasteiger partial charge < -0.3 is 9.47 Å². The van der Waals surface area contributed by atoms with Crippen LogP contribution in [0.15, 0.2) is 30.3 Å². The molecule has 16 heavy (non-hydrogen) atoms. The average molecular weight is 220 g/mol. The van der Waals surface area contributed by atoms with E-state index in [0.717, 1.165) is 5.56 Å². The number of carbonyl (C=O) groups is 1. The Labute approximate surface area is 95.4 Å². The van der Waals surface area contributed by atoms with Gasteiger partial charge in [-0.25, -0.2) is 0 Å². The number of hydrogen-bond acceptors (Lipinski definition) is 3. The number of benzene rings is 1. The van der Waals surface area contributed by atoms with E-state index in [9.17, 15) is 4.79 Å². The van der Waals surface area contributed by atoms with Gasteiger partial charge in [-0.3, -0.25) is 4.79 Å². The fraction of sp³-hybridized carbons (Fsp3) is 0.462. The summed E-state index contributed by atoms with van der Waals surface area (Å²) in [6.45, 7) is 2.24. The molecule has 1 aromatic rings. The number of rotatable bonds is 4. The highest BCUT2D eigenvalue weighted by Crippen LogP contribution is 2.55. The number of methoxy groups -OCH3 is 1. The standard InChI is InChI=1S/C13H16O3/c1-3-16-12(14)11-9-13(11,15-2)10-7-5-4-6-8-10/h4-8,11H,3,9H2,1-2H3/t11-,13-/m1/s1. The van der Waals surface area contributed by atoms with Crippen LogP contribution in [-0.2, 0) is 19.9 Å². The molecule has 1 aliphatic rings. The van der Waals surface area contributed by atoms with E-state index in [0.29, 0.717) is 13.0 Å². The van der Waals surface area contributed by atoms with Crippen molar-refractivity contribution in [1.29, 1.82) is 0 Å². The summed E-state index contributed by atoms with van der Waals surface area (Å²) in [5.74, 6) is -0.312. The van der Waals surface area contributed by atoms with Crippen LogP contribution < -0.4 is 0 Å². The minimum Gasteiger partial charge on any atom is -0.466 e. The maximum absolute atomic E-state index is 11.7. The summed E-state index contributed by atoms with van der Waals surface area (Å²) in [4.78, 5) is 11.7. The molecule has 1 aliphatic carbocycles. The summed E-state index contributed by atoms with van der Waals surface area (Å²) in [6, 6.07) is 9.84. The highest BCUT2D eigenvalue weighted by molar-refractivity contribution is 5.78. The average Bonchev–Trinajstić information content (AvgIpc) is 3.07. The smallest absolute Gasteiger partial charge is 0.312 e. The number of hydrogen-bond donors (Lipinski definition) is 0. The Morgan fingerprint density at radius 3 is 2.69 bits per heavy atom. The molecule has 3 nitrogen and oxygen atoms in total. The van der Waals surface area contributed by atoms with E-state index in [-0.39, 0.29) is 11.9 Å². The molecular formula is C13H16O3. The fourth-order valence-corrected chi connectivity index (χ4v) is 2.14. The van der Waals surface area contributed by atoms with Gasteiger partial charge in [0.15, 0.2) is 0 Å². The highest BCUT2D eigenvalue weighted by atomic mass is 16.5. The van der Waals surface area contributed by atoms with Crippen molar-refractivity contribution in [2.75, 3.05) is 13.7 Å². The third kappa shape index (κ3) is 1.71. The van der Waals surface area contributed by atoms with Gasteiger partial charge in [0.1, 0.15) is 5.60 Å². The van der Waals surface area contributed by atoms with Crippen molar-refractivity contribution in [3.63, 3.8) is 0 Å². The topological polar surface area (TPSA) is 35.5 Å². The molecule has 0 amide bonds. The van der Waals surface area contributed by atoms with Gasteiger partial charge in [-0.1, -0.05) is 30.3 Å². The summed E-state index contributed by atoms with van der Waals surface area (Å²) in [6.07, 6.45) is 0.715. The van der Waals surface area contributed by atoms with E-state index >= 15 is 0 Å². The molecule has 0 unspecified atom stereocenters. The molecular weight excluding hydrogens is 204 g/mol. The maximum Gasteiger partial charge on any atom is 0.312 e. The monoisotopic (exact) mass is 220 g/mol. The Morgan fingerprint density at radius 2 is 2.12 bits per heavy atom. The number of carbonyl (C=O) groups excluding carboxylic acids is 1. The van der Waals surface area contributed by atoms with Crippen molar-refractivity contribution in [1.82, 2.24) is 0 Å². The SMILES string of the molecule is CCOC(=O)[C@H]1C[C@@]1(OC)c1ccccc1. The molecule has 3 heteroatoms. The fourth-order valence-electron chi connectivity index (χ4n) is 2.14. The largest absolute Gasteiger partial charge is 0.466 e. The molecule has 0 aromatic heterocycles. The van der Waals surface area contributed by atoms with Gasteiger partial charge in [0.2, 0.25) is 0 Å². The number of esters is 1. The molecule has 0 radical (unpaired) electrons. The van der Waals surface area contributed by atoms with Crippen LogP contribution in [-0.4, -0.2) is 19.7 Å². The van der Waals surface area contributed by atoms with Crippen LogP contribution in [0.2, 0.25) is 0 Å². The van der Waals surface area contributed by atoms with Crippen LogP contribution in [0, 0.1) is 5.92 Å². The van der Waals surface area contributed by atoms with Crippen molar-refractivity contribution in [3.05, 3.63) is 35.9 Å². The molecule has 0 aliphatic heterocycles. The highest BCUT2D eigenvalue weighted by Gasteiger charge is 2.61. The molecule has 2 rings (SSSR count). The quantitative estimate of drug-likeness (QED) is 0.729. The molecule has 1 saturated carbocycles. The molecule has 0 heterocycles. The minimum atomic E-state index is -0.451. The molecule has 0 N–H and O–H groups in total. The summed E-state index contributed by atoms with van der Waals surface area (Å²) in [5, 5.41) is 0. The Kier molecular flexibility index (Phi) is 2.97. The lowest BCUT2D eigenvalue weighted by Crippen LogP contribution is -2.19. The van der Waals surface area contributed by atoms with Gasteiger partial charge >= 0.3 is 5.97 Å². The lowest BCUT2D eigenvalue weighted by Gasteiger charge is -2.15. The summed E-state index contributed by atoms with van der Waals surface area (Å²) < 4.78 is 10.5. The Bertz CT molecular complexity index is 374. The zero-order chi connectivity index (χ0) is 11.6. The first-order valence-electron chi connectivity index (χ1n) is 5.52. The van der Waals surface area contributed by atoms with Crippen LogP contribution in [0.5, 0.6) is 0 Å². The molecule has 0 bridgehead atoms. The van der Waals surface area contributed by atoms with Crippen LogP contribution in [0.4, 0.5) is 0 Å². The lowest BCUT2D eigenvalue weighted by atomic mass is 10.1. The van der Waals surface area contributed by atoms with Crippen LogP contribution in [0.25, 0.3) is 0 Å². The van der Waals surface area contributed by atoms with Crippen LogP contribution in [0.3, 0.4) is 0 Å². The van der Waals surface area contributed by atoms with Crippen LogP contribution >= 0.6 is 0 Å².